The van der Waals surface area contributed by atoms with E-state index in [9.17, 15) is 9.90 Å². The first-order chi connectivity index (χ1) is 10.6. The molecule has 120 valence electrons. The summed E-state index contributed by atoms with van der Waals surface area (Å²) < 4.78 is 15.9. The lowest BCUT2D eigenvalue weighted by molar-refractivity contribution is -0.119. The van der Waals surface area contributed by atoms with Crippen LogP contribution in [0.1, 0.15) is 24.8 Å². The monoisotopic (exact) mass is 306 g/mol. The maximum Gasteiger partial charge on any atom is 0.161 e. The molecule has 1 fully saturated rings. The average molecular weight is 306 g/mol. The lowest BCUT2D eigenvalue weighted by atomic mass is 10.0. The van der Waals surface area contributed by atoms with Crippen LogP contribution in [0.5, 0.6) is 11.5 Å². The molecule has 0 saturated carbocycles. The maximum absolute atomic E-state index is 12.0. The fraction of sp³-hybridized carbons (Fsp3) is 0.471. The van der Waals surface area contributed by atoms with Gasteiger partial charge in [0.25, 0.3) is 0 Å². The van der Waals surface area contributed by atoms with E-state index in [0.29, 0.717) is 37.4 Å². The topological polar surface area (TPSA) is 65.0 Å². The standard InChI is InChI=1S/C17H22O5/c1-20-16-6-4-12(9-17(16)21-2)3-5-13(18)10-15-11-14(19)7-8-22-15/h3-6,9,14-15,19H,7-8,10-11H2,1-2H3/b5-3+. The van der Waals surface area contributed by atoms with Crippen LogP contribution in [0.15, 0.2) is 24.3 Å². The van der Waals surface area contributed by atoms with Gasteiger partial charge in [-0.25, -0.2) is 0 Å². The number of ketones is 1. The second kappa shape index (κ2) is 7.96. The smallest absolute Gasteiger partial charge is 0.161 e. The lowest BCUT2D eigenvalue weighted by Gasteiger charge is -2.25. The summed E-state index contributed by atoms with van der Waals surface area (Å²) in [5.41, 5.74) is 0.857. The molecule has 1 aliphatic rings. The van der Waals surface area contributed by atoms with E-state index in [-0.39, 0.29) is 18.0 Å². The van der Waals surface area contributed by atoms with Crippen LogP contribution in [-0.4, -0.2) is 43.9 Å². The van der Waals surface area contributed by atoms with Gasteiger partial charge in [-0.2, -0.15) is 0 Å². The van der Waals surface area contributed by atoms with Crippen LogP contribution in [0.2, 0.25) is 0 Å². The van der Waals surface area contributed by atoms with Crippen molar-refractivity contribution >= 4 is 11.9 Å². The number of hydrogen-bond acceptors (Lipinski definition) is 5. The van der Waals surface area contributed by atoms with Crippen molar-refractivity contribution in [3.63, 3.8) is 0 Å². The van der Waals surface area contributed by atoms with E-state index in [1.807, 2.05) is 12.1 Å². The summed E-state index contributed by atoms with van der Waals surface area (Å²) in [6.07, 6.45) is 4.19. The molecule has 2 atom stereocenters. The molecule has 1 aromatic carbocycles. The summed E-state index contributed by atoms with van der Waals surface area (Å²) in [6.45, 7) is 0.512. The van der Waals surface area contributed by atoms with Gasteiger partial charge < -0.3 is 19.3 Å². The van der Waals surface area contributed by atoms with Crippen LogP contribution >= 0.6 is 0 Å². The van der Waals surface area contributed by atoms with Crippen LogP contribution in [-0.2, 0) is 9.53 Å². The third-order valence-corrected chi connectivity index (χ3v) is 3.64. The van der Waals surface area contributed by atoms with Gasteiger partial charge >= 0.3 is 0 Å². The van der Waals surface area contributed by atoms with Gasteiger partial charge in [-0.3, -0.25) is 4.79 Å². The summed E-state index contributed by atoms with van der Waals surface area (Å²) >= 11 is 0. The van der Waals surface area contributed by atoms with Gasteiger partial charge in [0.2, 0.25) is 0 Å². The Kier molecular flexibility index (Phi) is 5.98. The quantitative estimate of drug-likeness (QED) is 0.816. The maximum atomic E-state index is 12.0. The van der Waals surface area contributed by atoms with Crippen LogP contribution in [0, 0.1) is 0 Å². The molecule has 1 heterocycles. The highest BCUT2D eigenvalue weighted by Crippen LogP contribution is 2.28. The number of hydrogen-bond donors (Lipinski definition) is 1. The fourth-order valence-corrected chi connectivity index (χ4v) is 2.44. The Bertz CT molecular complexity index is 538. The summed E-state index contributed by atoms with van der Waals surface area (Å²) in [6, 6.07) is 5.46. The predicted molar refractivity (Wildman–Crippen MR) is 83.2 cm³/mol. The lowest BCUT2D eigenvalue weighted by Crippen LogP contribution is -2.30. The Hall–Kier alpha value is -1.85. The van der Waals surface area contributed by atoms with E-state index in [2.05, 4.69) is 0 Å². The molecule has 22 heavy (non-hydrogen) atoms. The van der Waals surface area contributed by atoms with Crippen LogP contribution in [0.3, 0.4) is 0 Å². The van der Waals surface area contributed by atoms with E-state index in [1.54, 1.807) is 26.4 Å². The summed E-state index contributed by atoms with van der Waals surface area (Å²) in [5.74, 6) is 1.25. The molecule has 1 aliphatic heterocycles. The highest BCUT2D eigenvalue weighted by atomic mass is 16.5. The van der Waals surface area contributed by atoms with Crippen LogP contribution < -0.4 is 9.47 Å². The van der Waals surface area contributed by atoms with Gasteiger partial charge in [0.15, 0.2) is 17.3 Å². The first kappa shape index (κ1) is 16.5. The molecule has 1 N–H and O–H groups in total. The van der Waals surface area contributed by atoms with E-state index < -0.39 is 0 Å². The molecule has 0 radical (unpaired) electrons. The molecule has 0 bridgehead atoms. The van der Waals surface area contributed by atoms with Crippen molar-refractivity contribution < 1.29 is 24.1 Å². The largest absolute Gasteiger partial charge is 0.493 e. The van der Waals surface area contributed by atoms with Crippen LogP contribution in [0.25, 0.3) is 6.08 Å². The molecule has 0 amide bonds. The third-order valence-electron chi connectivity index (χ3n) is 3.64. The predicted octanol–water partition coefficient (Wildman–Crippen LogP) is 2.22. The minimum Gasteiger partial charge on any atom is -0.493 e. The minimum atomic E-state index is -0.360. The van der Waals surface area contributed by atoms with Crippen LogP contribution in [0.4, 0.5) is 0 Å². The summed E-state index contributed by atoms with van der Waals surface area (Å²) in [7, 11) is 3.15. The van der Waals surface area contributed by atoms with Gasteiger partial charge in [0.1, 0.15) is 0 Å². The Balaban J connectivity index is 1.94. The van der Waals surface area contributed by atoms with Gasteiger partial charge in [-0.05, 0) is 30.2 Å². The van der Waals surface area contributed by atoms with Crippen molar-refractivity contribution in [3.8, 4) is 11.5 Å². The first-order valence-corrected chi connectivity index (χ1v) is 7.35. The third kappa shape index (κ3) is 4.58. The molecule has 0 aliphatic carbocycles. The number of allylic oxidation sites excluding steroid dienone is 1. The van der Waals surface area contributed by atoms with Crippen molar-refractivity contribution in [1.29, 1.82) is 0 Å². The molecule has 1 saturated heterocycles. The van der Waals surface area contributed by atoms with Gasteiger partial charge in [-0.1, -0.05) is 12.1 Å². The second-order valence-electron chi connectivity index (χ2n) is 5.29. The molecular formula is C17H22O5. The Morgan fingerprint density at radius 3 is 2.82 bits per heavy atom. The zero-order valence-electron chi connectivity index (χ0n) is 13.0. The number of aliphatic hydroxyl groups is 1. The number of benzene rings is 1. The molecule has 1 aromatic rings. The first-order valence-electron chi connectivity index (χ1n) is 7.35. The highest BCUT2D eigenvalue weighted by Gasteiger charge is 2.22. The van der Waals surface area contributed by atoms with Crippen molar-refractivity contribution in [2.24, 2.45) is 0 Å². The average Bonchev–Trinajstić information content (AvgIpc) is 2.52. The Morgan fingerprint density at radius 2 is 2.14 bits per heavy atom. The zero-order chi connectivity index (χ0) is 15.9. The zero-order valence-corrected chi connectivity index (χ0v) is 13.0. The summed E-state index contributed by atoms with van der Waals surface area (Å²) in [4.78, 5) is 12.0. The molecule has 2 rings (SSSR count). The Morgan fingerprint density at radius 1 is 1.36 bits per heavy atom. The normalized spacial score (nSPS) is 21.8. The second-order valence-corrected chi connectivity index (χ2v) is 5.29. The van der Waals surface area contributed by atoms with E-state index in [0.717, 1.165) is 5.56 Å². The minimum absolute atomic E-state index is 0.0196. The van der Waals surface area contributed by atoms with Crippen molar-refractivity contribution in [2.45, 2.75) is 31.5 Å². The van der Waals surface area contributed by atoms with E-state index in [1.165, 1.54) is 6.08 Å². The van der Waals surface area contributed by atoms with E-state index >= 15 is 0 Å². The number of ether oxygens (including phenoxy) is 3. The van der Waals surface area contributed by atoms with Crippen molar-refractivity contribution in [3.05, 3.63) is 29.8 Å². The molecule has 5 heteroatoms. The number of methoxy groups -OCH3 is 2. The number of rotatable bonds is 6. The molecule has 0 spiro atoms. The van der Waals surface area contributed by atoms with Gasteiger partial charge in [0, 0.05) is 19.4 Å². The number of carbonyl (C=O) groups excluding carboxylic acids is 1. The SMILES string of the molecule is COc1ccc(/C=C/C(=O)CC2CC(O)CCO2)cc1OC. The summed E-state index contributed by atoms with van der Waals surface area (Å²) in [5, 5.41) is 9.57. The fourth-order valence-electron chi connectivity index (χ4n) is 2.44. The highest BCUT2D eigenvalue weighted by molar-refractivity contribution is 5.93. The number of aliphatic hydroxyl groups excluding tert-OH is 1. The van der Waals surface area contributed by atoms with E-state index in [4.69, 9.17) is 14.2 Å². The molecule has 2 unspecified atom stereocenters. The molecule has 0 aromatic heterocycles. The Labute approximate surface area is 130 Å². The van der Waals surface area contributed by atoms with Crippen molar-refractivity contribution in [1.82, 2.24) is 0 Å². The van der Waals surface area contributed by atoms with Gasteiger partial charge in [-0.15, -0.1) is 0 Å². The van der Waals surface area contributed by atoms with Gasteiger partial charge in [0.05, 0.1) is 26.4 Å². The van der Waals surface area contributed by atoms with Crippen molar-refractivity contribution in [2.75, 3.05) is 20.8 Å². The molecular weight excluding hydrogens is 284 g/mol. The number of carbonyl (C=O) groups is 1. The molecule has 5 nitrogen and oxygen atoms in total.